The van der Waals surface area contributed by atoms with Crippen molar-refractivity contribution in [2.45, 2.75) is 64.8 Å². The van der Waals surface area contributed by atoms with Gasteiger partial charge in [-0.05, 0) is 67.1 Å². The Balaban J connectivity index is 1.67. The maximum Gasteiger partial charge on any atom is 0.222 e. The van der Waals surface area contributed by atoms with Crippen LogP contribution in [0.15, 0.2) is 12.2 Å². The maximum atomic E-state index is 12.1. The predicted octanol–water partition coefficient (Wildman–Crippen LogP) is 4.02. The number of hydrogen-bond donors (Lipinski definition) is 0. The molecule has 3 aliphatic carbocycles. The molecule has 0 spiro atoms. The van der Waals surface area contributed by atoms with Crippen LogP contribution in [-0.2, 0) is 4.79 Å². The Morgan fingerprint density at radius 1 is 1.19 bits per heavy atom. The zero-order chi connectivity index (χ0) is 14.8. The van der Waals surface area contributed by atoms with E-state index >= 15 is 0 Å². The van der Waals surface area contributed by atoms with Crippen LogP contribution in [0.1, 0.15) is 58.8 Å². The largest absolute Gasteiger partial charge is 0.342 e. The van der Waals surface area contributed by atoms with Gasteiger partial charge in [0.15, 0.2) is 0 Å². The molecule has 21 heavy (non-hydrogen) atoms. The number of likely N-dealkylation sites (tertiary alicyclic amines) is 1. The number of hydrogen-bond acceptors (Lipinski definition) is 1. The summed E-state index contributed by atoms with van der Waals surface area (Å²) in [5.41, 5.74) is 0.907. The number of amides is 1. The first kappa shape index (κ1) is 13.8. The second-order valence-electron chi connectivity index (χ2n) is 8.72. The molecule has 4 rings (SSSR count). The molecular formula is C19H29NO. The molecule has 0 bridgehead atoms. The monoisotopic (exact) mass is 287 g/mol. The lowest BCUT2D eigenvalue weighted by molar-refractivity contribution is -0.155. The minimum atomic E-state index is 0.364. The number of allylic oxidation sites excluding steroid dienone is 2. The molecule has 1 amide bonds. The van der Waals surface area contributed by atoms with Gasteiger partial charge < -0.3 is 4.90 Å². The highest BCUT2D eigenvalue weighted by Crippen LogP contribution is 2.63. The van der Waals surface area contributed by atoms with Crippen LogP contribution in [0.25, 0.3) is 0 Å². The zero-order valence-electron chi connectivity index (χ0n) is 13.8. The molecule has 1 heterocycles. The van der Waals surface area contributed by atoms with Gasteiger partial charge in [0.1, 0.15) is 0 Å². The smallest absolute Gasteiger partial charge is 0.222 e. The van der Waals surface area contributed by atoms with Crippen molar-refractivity contribution in [2.75, 3.05) is 7.05 Å². The topological polar surface area (TPSA) is 20.3 Å². The molecule has 0 radical (unpaired) electrons. The van der Waals surface area contributed by atoms with Gasteiger partial charge >= 0.3 is 0 Å². The summed E-state index contributed by atoms with van der Waals surface area (Å²) in [5, 5.41) is 0. The molecule has 4 aliphatic rings. The Morgan fingerprint density at radius 2 is 2.00 bits per heavy atom. The van der Waals surface area contributed by atoms with Crippen molar-refractivity contribution >= 4 is 5.91 Å². The van der Waals surface area contributed by atoms with E-state index in [9.17, 15) is 4.79 Å². The Labute approximate surface area is 129 Å². The van der Waals surface area contributed by atoms with Crippen LogP contribution in [0, 0.1) is 28.6 Å². The lowest BCUT2D eigenvalue weighted by Gasteiger charge is -2.61. The molecule has 6 atom stereocenters. The highest BCUT2D eigenvalue weighted by Gasteiger charge is 2.58. The molecule has 0 aromatic heterocycles. The van der Waals surface area contributed by atoms with Gasteiger partial charge in [0.2, 0.25) is 5.91 Å². The van der Waals surface area contributed by atoms with Crippen LogP contribution in [-0.4, -0.2) is 23.9 Å². The summed E-state index contributed by atoms with van der Waals surface area (Å²) in [6.45, 7) is 5.01. The van der Waals surface area contributed by atoms with E-state index in [1.54, 1.807) is 0 Å². The normalized spacial score (nSPS) is 52.3. The fourth-order valence-electron chi connectivity index (χ4n) is 6.57. The van der Waals surface area contributed by atoms with E-state index in [1.165, 1.54) is 32.1 Å². The van der Waals surface area contributed by atoms with Gasteiger partial charge in [0.25, 0.3) is 0 Å². The fraction of sp³-hybridized carbons (Fsp3) is 0.842. The van der Waals surface area contributed by atoms with Crippen LogP contribution in [0.3, 0.4) is 0 Å². The number of carbonyl (C=O) groups excluding carboxylic acids is 1. The lowest BCUT2D eigenvalue weighted by atomic mass is 9.47. The van der Waals surface area contributed by atoms with Gasteiger partial charge in [0, 0.05) is 19.5 Å². The van der Waals surface area contributed by atoms with Crippen molar-refractivity contribution < 1.29 is 4.79 Å². The van der Waals surface area contributed by atoms with Crippen molar-refractivity contribution in [1.82, 2.24) is 4.90 Å². The second kappa shape index (κ2) is 4.36. The fourth-order valence-corrected chi connectivity index (χ4v) is 6.57. The van der Waals surface area contributed by atoms with Crippen molar-refractivity contribution in [3.8, 4) is 0 Å². The second-order valence-corrected chi connectivity index (χ2v) is 8.72. The van der Waals surface area contributed by atoms with Crippen LogP contribution in [0.4, 0.5) is 0 Å². The summed E-state index contributed by atoms with van der Waals surface area (Å²) in [5.74, 6) is 2.87. The molecule has 116 valence electrons. The Morgan fingerprint density at radius 3 is 2.81 bits per heavy atom. The van der Waals surface area contributed by atoms with Crippen molar-refractivity contribution in [3.63, 3.8) is 0 Å². The Bertz CT molecular complexity index is 498. The van der Waals surface area contributed by atoms with Crippen LogP contribution in [0.5, 0.6) is 0 Å². The average Bonchev–Trinajstić information content (AvgIpc) is 2.85. The van der Waals surface area contributed by atoms with Crippen molar-refractivity contribution in [2.24, 2.45) is 28.6 Å². The molecule has 2 nitrogen and oxygen atoms in total. The number of carbonyl (C=O) groups is 1. The quantitative estimate of drug-likeness (QED) is 0.616. The van der Waals surface area contributed by atoms with Gasteiger partial charge in [-0.3, -0.25) is 4.79 Å². The number of rotatable bonds is 0. The molecule has 2 heteroatoms. The lowest BCUT2D eigenvalue weighted by Crippen LogP contribution is -2.61. The van der Waals surface area contributed by atoms with Gasteiger partial charge in [-0.15, -0.1) is 0 Å². The third-order valence-electron chi connectivity index (χ3n) is 7.86. The third-order valence-corrected chi connectivity index (χ3v) is 7.86. The summed E-state index contributed by atoms with van der Waals surface area (Å²) in [6.07, 6.45) is 13.5. The molecule has 1 unspecified atom stereocenters. The molecule has 3 fully saturated rings. The summed E-state index contributed by atoms with van der Waals surface area (Å²) >= 11 is 0. The standard InChI is InChI=1S/C19H29NO/c1-18-10-4-5-14(18)13-6-7-16-19(2,15(13)8-11-18)12-9-17(21)20(16)3/h4-5,13-16H,6-12H2,1-3H3/t13-,14-,15-,16?,18-,19+/m0/s1. The van der Waals surface area contributed by atoms with E-state index in [-0.39, 0.29) is 0 Å². The third kappa shape index (κ3) is 1.74. The summed E-state index contributed by atoms with van der Waals surface area (Å²) in [4.78, 5) is 14.2. The molecular weight excluding hydrogens is 258 g/mol. The van der Waals surface area contributed by atoms with E-state index in [2.05, 4.69) is 30.9 Å². The zero-order valence-corrected chi connectivity index (χ0v) is 13.8. The summed E-state index contributed by atoms with van der Waals surface area (Å²) in [7, 11) is 2.05. The number of fused-ring (bicyclic) bond motifs is 5. The maximum absolute atomic E-state index is 12.1. The first-order chi connectivity index (χ1) is 9.96. The highest BCUT2D eigenvalue weighted by atomic mass is 16.2. The summed E-state index contributed by atoms with van der Waals surface area (Å²) < 4.78 is 0. The average molecular weight is 287 g/mol. The minimum Gasteiger partial charge on any atom is -0.342 e. The van der Waals surface area contributed by atoms with E-state index < -0.39 is 0 Å². The SMILES string of the molecule is CN1C(=O)CC[C@@]2(C)C1CC[C@H]1[C@@H]3C=CC[C@@]3(C)CC[C@@H]12. The van der Waals surface area contributed by atoms with Crippen LogP contribution >= 0.6 is 0 Å². The number of nitrogens with zero attached hydrogens (tertiary/aromatic N) is 1. The molecule has 0 aromatic carbocycles. The van der Waals surface area contributed by atoms with E-state index in [0.717, 1.165) is 30.6 Å². The van der Waals surface area contributed by atoms with Crippen molar-refractivity contribution in [1.29, 1.82) is 0 Å². The van der Waals surface area contributed by atoms with Crippen LogP contribution in [0.2, 0.25) is 0 Å². The molecule has 1 aliphatic heterocycles. The van der Waals surface area contributed by atoms with Crippen molar-refractivity contribution in [3.05, 3.63) is 12.2 Å². The molecule has 0 N–H and O–H groups in total. The predicted molar refractivity (Wildman–Crippen MR) is 84.7 cm³/mol. The van der Waals surface area contributed by atoms with Gasteiger partial charge in [-0.25, -0.2) is 0 Å². The van der Waals surface area contributed by atoms with Crippen LogP contribution < -0.4 is 0 Å². The number of piperidine rings is 1. The van der Waals surface area contributed by atoms with Gasteiger partial charge in [-0.2, -0.15) is 0 Å². The van der Waals surface area contributed by atoms with E-state index in [4.69, 9.17) is 0 Å². The Hall–Kier alpha value is -0.790. The van der Waals surface area contributed by atoms with E-state index in [0.29, 0.717) is 22.8 Å². The molecule has 2 saturated carbocycles. The first-order valence-electron chi connectivity index (χ1n) is 8.88. The first-order valence-corrected chi connectivity index (χ1v) is 8.88. The van der Waals surface area contributed by atoms with E-state index in [1.807, 2.05) is 7.05 Å². The molecule has 1 saturated heterocycles. The Kier molecular flexibility index (Phi) is 2.88. The van der Waals surface area contributed by atoms with Gasteiger partial charge in [-0.1, -0.05) is 26.0 Å². The van der Waals surface area contributed by atoms with Gasteiger partial charge in [0.05, 0.1) is 0 Å². The minimum absolute atomic E-state index is 0.364. The summed E-state index contributed by atoms with van der Waals surface area (Å²) in [6, 6.07) is 0.495. The molecule has 0 aromatic rings. The highest BCUT2D eigenvalue weighted by molar-refractivity contribution is 5.77.